The van der Waals surface area contributed by atoms with Gasteiger partial charge in [-0.1, -0.05) is 6.07 Å². The topological polar surface area (TPSA) is 96.5 Å². The van der Waals surface area contributed by atoms with E-state index in [0.717, 1.165) is 0 Å². The van der Waals surface area contributed by atoms with E-state index in [9.17, 15) is 18.8 Å². The molecule has 1 heterocycles. The maximum atomic E-state index is 13.3. The number of esters is 1. The van der Waals surface area contributed by atoms with E-state index in [1.165, 1.54) is 18.2 Å². The molecule has 0 saturated heterocycles. The molecule has 1 aliphatic rings. The van der Waals surface area contributed by atoms with Crippen molar-refractivity contribution in [2.45, 2.75) is 25.7 Å². The SMILES string of the molecule is CCNC(=O)NCCCOC(=O)[C@@H]1CC(=O)Nc2cc(F)ccc21. The zero-order valence-electron chi connectivity index (χ0n) is 13.4. The Hall–Kier alpha value is -2.64. The van der Waals surface area contributed by atoms with Crippen LogP contribution in [0.3, 0.4) is 0 Å². The van der Waals surface area contributed by atoms with Crippen LogP contribution in [0.2, 0.25) is 0 Å². The number of halogens is 1. The van der Waals surface area contributed by atoms with E-state index >= 15 is 0 Å². The minimum atomic E-state index is -0.745. The number of ether oxygens (including phenoxy) is 1. The molecule has 0 saturated carbocycles. The van der Waals surface area contributed by atoms with E-state index in [1.54, 1.807) is 0 Å². The average molecular weight is 337 g/mol. The first-order chi connectivity index (χ1) is 11.5. The fourth-order valence-corrected chi connectivity index (χ4v) is 2.42. The number of carbonyl (C=O) groups excluding carboxylic acids is 3. The van der Waals surface area contributed by atoms with Crippen LogP contribution in [-0.4, -0.2) is 37.6 Å². The summed E-state index contributed by atoms with van der Waals surface area (Å²) in [6.07, 6.45) is 0.423. The fourth-order valence-electron chi connectivity index (χ4n) is 2.42. The van der Waals surface area contributed by atoms with Gasteiger partial charge in [0.25, 0.3) is 0 Å². The maximum Gasteiger partial charge on any atom is 0.314 e. The molecular weight excluding hydrogens is 317 g/mol. The van der Waals surface area contributed by atoms with E-state index in [-0.39, 0.29) is 25.0 Å². The number of hydrogen-bond donors (Lipinski definition) is 3. The van der Waals surface area contributed by atoms with Gasteiger partial charge in [0.2, 0.25) is 5.91 Å². The molecule has 7 nitrogen and oxygen atoms in total. The number of fused-ring (bicyclic) bond motifs is 1. The molecule has 1 aliphatic heterocycles. The number of nitrogens with one attached hydrogen (secondary N) is 3. The van der Waals surface area contributed by atoms with Gasteiger partial charge in [-0.3, -0.25) is 9.59 Å². The molecule has 2 rings (SSSR count). The number of urea groups is 1. The standard InChI is InChI=1S/C16H20FN3O4/c1-2-18-16(23)19-6-3-7-24-15(22)12-9-14(21)20-13-8-10(17)4-5-11(12)13/h4-5,8,12H,2-3,6-7,9H2,1H3,(H,20,21)(H2,18,19,23)/t12-/m1/s1. The lowest BCUT2D eigenvalue weighted by molar-refractivity contribution is -0.146. The van der Waals surface area contributed by atoms with E-state index in [2.05, 4.69) is 16.0 Å². The molecule has 0 aliphatic carbocycles. The van der Waals surface area contributed by atoms with Crippen LogP contribution in [0, 0.1) is 5.82 Å². The molecule has 24 heavy (non-hydrogen) atoms. The van der Waals surface area contributed by atoms with Crippen LogP contribution in [0.1, 0.15) is 31.2 Å². The zero-order chi connectivity index (χ0) is 17.5. The number of anilines is 1. The van der Waals surface area contributed by atoms with Crippen LogP contribution < -0.4 is 16.0 Å². The van der Waals surface area contributed by atoms with Gasteiger partial charge >= 0.3 is 12.0 Å². The number of carbonyl (C=O) groups is 3. The van der Waals surface area contributed by atoms with Crippen LogP contribution in [-0.2, 0) is 14.3 Å². The summed E-state index contributed by atoms with van der Waals surface area (Å²) in [5.74, 6) is -2.12. The van der Waals surface area contributed by atoms with Crippen LogP contribution >= 0.6 is 0 Å². The highest BCUT2D eigenvalue weighted by Crippen LogP contribution is 2.33. The van der Waals surface area contributed by atoms with Crippen molar-refractivity contribution in [3.63, 3.8) is 0 Å². The summed E-state index contributed by atoms with van der Waals surface area (Å²) in [6.45, 7) is 2.84. The minimum Gasteiger partial charge on any atom is -0.465 e. The largest absolute Gasteiger partial charge is 0.465 e. The lowest BCUT2D eigenvalue weighted by Gasteiger charge is -2.24. The monoisotopic (exact) mass is 337 g/mol. The number of rotatable bonds is 6. The van der Waals surface area contributed by atoms with Gasteiger partial charge in [0.15, 0.2) is 0 Å². The molecule has 0 unspecified atom stereocenters. The maximum absolute atomic E-state index is 13.3. The molecular formula is C16H20FN3O4. The van der Waals surface area contributed by atoms with Gasteiger partial charge in [0, 0.05) is 25.2 Å². The second-order valence-electron chi connectivity index (χ2n) is 5.34. The molecule has 0 bridgehead atoms. The molecule has 0 fully saturated rings. The van der Waals surface area contributed by atoms with E-state index in [0.29, 0.717) is 30.8 Å². The molecule has 0 radical (unpaired) electrons. The summed E-state index contributed by atoms with van der Waals surface area (Å²) in [7, 11) is 0. The van der Waals surface area contributed by atoms with Crippen molar-refractivity contribution in [3.05, 3.63) is 29.6 Å². The van der Waals surface area contributed by atoms with Crippen LogP contribution in [0.15, 0.2) is 18.2 Å². The van der Waals surface area contributed by atoms with Gasteiger partial charge in [-0.15, -0.1) is 0 Å². The van der Waals surface area contributed by atoms with Crippen molar-refractivity contribution in [3.8, 4) is 0 Å². The fraction of sp³-hybridized carbons (Fsp3) is 0.438. The molecule has 130 valence electrons. The highest BCUT2D eigenvalue weighted by atomic mass is 19.1. The van der Waals surface area contributed by atoms with Crippen molar-refractivity contribution in [1.82, 2.24) is 10.6 Å². The lowest BCUT2D eigenvalue weighted by atomic mass is 9.90. The lowest BCUT2D eigenvalue weighted by Crippen LogP contribution is -2.36. The number of hydrogen-bond acceptors (Lipinski definition) is 4. The second kappa shape index (κ2) is 8.28. The van der Waals surface area contributed by atoms with Gasteiger partial charge in [-0.2, -0.15) is 0 Å². The Balaban J connectivity index is 1.85. The Morgan fingerprint density at radius 1 is 1.38 bits per heavy atom. The van der Waals surface area contributed by atoms with Gasteiger partial charge in [0.05, 0.1) is 12.5 Å². The minimum absolute atomic E-state index is 0.0331. The second-order valence-corrected chi connectivity index (χ2v) is 5.34. The molecule has 1 atom stereocenters. The summed E-state index contributed by atoms with van der Waals surface area (Å²) in [5.41, 5.74) is 0.840. The summed E-state index contributed by atoms with van der Waals surface area (Å²) >= 11 is 0. The van der Waals surface area contributed by atoms with Crippen molar-refractivity contribution >= 4 is 23.6 Å². The molecule has 0 aromatic heterocycles. The summed E-state index contributed by atoms with van der Waals surface area (Å²) in [6, 6.07) is 3.63. The van der Waals surface area contributed by atoms with Gasteiger partial charge in [0.1, 0.15) is 5.82 Å². The van der Waals surface area contributed by atoms with Crippen LogP contribution in [0.5, 0.6) is 0 Å². The zero-order valence-corrected chi connectivity index (χ0v) is 13.4. The molecule has 0 spiro atoms. The third kappa shape index (κ3) is 4.68. The summed E-state index contributed by atoms with van der Waals surface area (Å²) < 4.78 is 18.4. The Kier molecular flexibility index (Phi) is 6.11. The van der Waals surface area contributed by atoms with Gasteiger partial charge in [-0.05, 0) is 31.0 Å². The molecule has 1 aromatic carbocycles. The first-order valence-electron chi connectivity index (χ1n) is 7.79. The molecule has 8 heteroatoms. The van der Waals surface area contributed by atoms with Crippen molar-refractivity contribution in [2.24, 2.45) is 0 Å². The van der Waals surface area contributed by atoms with E-state index in [4.69, 9.17) is 4.74 Å². The van der Waals surface area contributed by atoms with Crippen molar-refractivity contribution in [1.29, 1.82) is 0 Å². The molecule has 1 aromatic rings. The highest BCUT2D eigenvalue weighted by molar-refractivity contribution is 5.99. The summed E-state index contributed by atoms with van der Waals surface area (Å²) in [4.78, 5) is 35.0. The van der Waals surface area contributed by atoms with E-state index < -0.39 is 17.7 Å². The van der Waals surface area contributed by atoms with Crippen LogP contribution in [0.4, 0.5) is 14.9 Å². The smallest absolute Gasteiger partial charge is 0.314 e. The average Bonchev–Trinajstić information content (AvgIpc) is 2.53. The predicted octanol–water partition coefficient (Wildman–Crippen LogP) is 1.50. The van der Waals surface area contributed by atoms with Gasteiger partial charge < -0.3 is 20.7 Å². The summed E-state index contributed by atoms with van der Waals surface area (Å²) in [5, 5.41) is 7.75. The first-order valence-corrected chi connectivity index (χ1v) is 7.79. The van der Waals surface area contributed by atoms with Crippen molar-refractivity contribution < 1.29 is 23.5 Å². The third-order valence-corrected chi connectivity index (χ3v) is 3.53. The van der Waals surface area contributed by atoms with Crippen molar-refractivity contribution in [2.75, 3.05) is 25.0 Å². The number of amides is 3. The Morgan fingerprint density at radius 3 is 2.92 bits per heavy atom. The Morgan fingerprint density at radius 2 is 2.17 bits per heavy atom. The third-order valence-electron chi connectivity index (χ3n) is 3.53. The van der Waals surface area contributed by atoms with Crippen LogP contribution in [0.25, 0.3) is 0 Å². The Labute approximate surface area is 138 Å². The quantitative estimate of drug-likeness (QED) is 0.541. The molecule has 3 amide bonds. The first kappa shape index (κ1) is 17.7. The normalized spacial score (nSPS) is 15.9. The Bertz CT molecular complexity index is 636. The van der Waals surface area contributed by atoms with Gasteiger partial charge in [-0.25, -0.2) is 9.18 Å². The predicted molar refractivity (Wildman–Crippen MR) is 85.0 cm³/mol. The number of benzene rings is 1. The molecule has 3 N–H and O–H groups in total. The van der Waals surface area contributed by atoms with E-state index in [1.807, 2.05) is 6.92 Å². The highest BCUT2D eigenvalue weighted by Gasteiger charge is 2.32.